The second-order valence-electron chi connectivity index (χ2n) is 5.79. The Morgan fingerprint density at radius 2 is 2.04 bits per heavy atom. The van der Waals surface area contributed by atoms with Crippen LogP contribution >= 0.6 is 24.0 Å². The van der Waals surface area contributed by atoms with Gasteiger partial charge < -0.3 is 20.9 Å². The zero-order chi connectivity index (χ0) is 16.5. The molecule has 0 saturated carbocycles. The molecule has 7 nitrogen and oxygen atoms in total. The Balaban J connectivity index is 0.00000484. The molecule has 0 radical (unpaired) electrons. The van der Waals surface area contributed by atoms with E-state index in [0.29, 0.717) is 31.9 Å². The quantitative estimate of drug-likeness (QED) is 0.323. The van der Waals surface area contributed by atoms with Crippen LogP contribution in [-0.2, 0) is 9.59 Å². The van der Waals surface area contributed by atoms with E-state index in [9.17, 15) is 9.59 Å². The molecule has 8 heteroatoms. The van der Waals surface area contributed by atoms with Crippen LogP contribution in [0.15, 0.2) is 4.99 Å². The van der Waals surface area contributed by atoms with Gasteiger partial charge in [0.05, 0.1) is 0 Å². The number of guanidine groups is 1. The van der Waals surface area contributed by atoms with Crippen molar-refractivity contribution in [1.29, 1.82) is 0 Å². The van der Waals surface area contributed by atoms with Gasteiger partial charge in [0.15, 0.2) is 5.96 Å². The molecule has 0 bridgehead atoms. The number of rotatable bonds is 6. The molecule has 0 aliphatic carbocycles. The predicted octanol–water partition coefficient (Wildman–Crippen LogP) is 0.695. The molecule has 0 aromatic carbocycles. The molecule has 0 aromatic rings. The number of nitrogens with one attached hydrogen (secondary N) is 3. The first kappa shape index (κ1) is 21.9. The fraction of sp³-hybridized carbons (Fsp3) is 0.800. The van der Waals surface area contributed by atoms with E-state index in [-0.39, 0.29) is 47.9 Å². The average Bonchev–Trinajstić information content (AvgIpc) is 2.93. The van der Waals surface area contributed by atoms with Crippen LogP contribution in [0.1, 0.15) is 40.0 Å². The van der Waals surface area contributed by atoms with Crippen molar-refractivity contribution in [2.24, 2.45) is 4.99 Å². The van der Waals surface area contributed by atoms with Crippen molar-refractivity contribution in [2.75, 3.05) is 26.7 Å². The minimum absolute atomic E-state index is 0. The van der Waals surface area contributed by atoms with Gasteiger partial charge >= 0.3 is 0 Å². The van der Waals surface area contributed by atoms with Crippen LogP contribution in [0, 0.1) is 0 Å². The standard InChI is InChI=1S/C15H29N5O2.HI/c1-5-14(22)20-9-7-12(10-20)19-15(16-4)17-8-6-13(21)18-11(2)3;/h11-12H,5-10H2,1-4H3,(H,18,21)(H2,16,17,19);1H. The summed E-state index contributed by atoms with van der Waals surface area (Å²) in [7, 11) is 1.70. The second kappa shape index (κ2) is 11.5. The van der Waals surface area contributed by atoms with E-state index < -0.39 is 0 Å². The Morgan fingerprint density at radius 1 is 1.35 bits per heavy atom. The molecule has 1 aliphatic heterocycles. The van der Waals surface area contributed by atoms with E-state index in [2.05, 4.69) is 20.9 Å². The molecule has 1 atom stereocenters. The zero-order valence-electron chi connectivity index (χ0n) is 14.5. The number of aliphatic imine (C=N–C) groups is 1. The Morgan fingerprint density at radius 3 is 2.61 bits per heavy atom. The van der Waals surface area contributed by atoms with Crippen LogP contribution < -0.4 is 16.0 Å². The number of nitrogens with zero attached hydrogens (tertiary/aromatic N) is 2. The Bertz CT molecular complexity index is 415. The summed E-state index contributed by atoms with van der Waals surface area (Å²) in [5.74, 6) is 0.893. The summed E-state index contributed by atoms with van der Waals surface area (Å²) in [6.45, 7) is 7.79. The summed E-state index contributed by atoms with van der Waals surface area (Å²) in [4.78, 5) is 29.3. The number of carbonyl (C=O) groups excluding carboxylic acids is 2. The van der Waals surface area contributed by atoms with Gasteiger partial charge in [-0.25, -0.2) is 0 Å². The van der Waals surface area contributed by atoms with Crippen LogP contribution in [0.5, 0.6) is 0 Å². The first-order valence-corrected chi connectivity index (χ1v) is 8.00. The number of hydrogen-bond donors (Lipinski definition) is 3. The maximum atomic E-state index is 11.7. The topological polar surface area (TPSA) is 85.8 Å². The van der Waals surface area contributed by atoms with Gasteiger partial charge in [-0.1, -0.05) is 6.92 Å². The minimum atomic E-state index is 0. The van der Waals surface area contributed by atoms with E-state index in [0.717, 1.165) is 13.0 Å². The molecule has 0 spiro atoms. The van der Waals surface area contributed by atoms with Gasteiger partial charge in [-0.3, -0.25) is 14.6 Å². The van der Waals surface area contributed by atoms with Gasteiger partial charge in [0, 0.05) is 51.6 Å². The van der Waals surface area contributed by atoms with Crippen LogP contribution in [-0.4, -0.2) is 61.4 Å². The van der Waals surface area contributed by atoms with E-state index in [1.165, 1.54) is 0 Å². The van der Waals surface area contributed by atoms with Crippen molar-refractivity contribution in [1.82, 2.24) is 20.9 Å². The van der Waals surface area contributed by atoms with E-state index in [1.54, 1.807) is 7.05 Å². The highest BCUT2D eigenvalue weighted by Crippen LogP contribution is 2.10. The number of halogens is 1. The summed E-state index contributed by atoms with van der Waals surface area (Å²) < 4.78 is 0. The van der Waals surface area contributed by atoms with Gasteiger partial charge in [0.2, 0.25) is 11.8 Å². The lowest BCUT2D eigenvalue weighted by Gasteiger charge is -2.18. The van der Waals surface area contributed by atoms with Crippen LogP contribution in [0.2, 0.25) is 0 Å². The molecule has 0 aromatic heterocycles. The van der Waals surface area contributed by atoms with Gasteiger partial charge in [-0.05, 0) is 20.3 Å². The molecule has 134 valence electrons. The first-order chi connectivity index (χ1) is 10.5. The zero-order valence-corrected chi connectivity index (χ0v) is 16.8. The predicted molar refractivity (Wildman–Crippen MR) is 103 cm³/mol. The summed E-state index contributed by atoms with van der Waals surface area (Å²) in [5.41, 5.74) is 0. The Kier molecular flexibility index (Phi) is 10.9. The van der Waals surface area contributed by atoms with Gasteiger partial charge in [0.1, 0.15) is 0 Å². The number of hydrogen-bond acceptors (Lipinski definition) is 3. The van der Waals surface area contributed by atoms with Crippen LogP contribution in [0.4, 0.5) is 0 Å². The highest BCUT2D eigenvalue weighted by Gasteiger charge is 2.25. The van der Waals surface area contributed by atoms with Crippen molar-refractivity contribution in [3.8, 4) is 0 Å². The molecule has 23 heavy (non-hydrogen) atoms. The molecule has 3 N–H and O–H groups in total. The monoisotopic (exact) mass is 439 g/mol. The molecule has 1 heterocycles. The Labute approximate surface area is 156 Å². The molecular formula is C15H30IN5O2. The molecule has 1 saturated heterocycles. The van der Waals surface area contributed by atoms with Crippen molar-refractivity contribution in [3.63, 3.8) is 0 Å². The molecule has 2 amide bonds. The van der Waals surface area contributed by atoms with Gasteiger partial charge in [0.25, 0.3) is 0 Å². The SMILES string of the molecule is CCC(=O)N1CCC(NC(=NC)NCCC(=O)NC(C)C)C1.I. The molecular weight excluding hydrogens is 409 g/mol. The van der Waals surface area contributed by atoms with Crippen molar-refractivity contribution >= 4 is 41.8 Å². The minimum Gasteiger partial charge on any atom is -0.356 e. The summed E-state index contributed by atoms with van der Waals surface area (Å²) in [5, 5.41) is 9.28. The number of likely N-dealkylation sites (tertiary alicyclic amines) is 1. The molecule has 1 aliphatic rings. The largest absolute Gasteiger partial charge is 0.356 e. The average molecular weight is 439 g/mol. The Hall–Kier alpha value is -1.06. The summed E-state index contributed by atoms with van der Waals surface area (Å²) >= 11 is 0. The van der Waals surface area contributed by atoms with Crippen molar-refractivity contribution < 1.29 is 9.59 Å². The van der Waals surface area contributed by atoms with Crippen LogP contribution in [0.25, 0.3) is 0 Å². The number of amides is 2. The third kappa shape index (κ3) is 8.38. The second-order valence-corrected chi connectivity index (χ2v) is 5.79. The first-order valence-electron chi connectivity index (χ1n) is 8.00. The molecule has 1 unspecified atom stereocenters. The fourth-order valence-corrected chi connectivity index (χ4v) is 2.40. The fourth-order valence-electron chi connectivity index (χ4n) is 2.40. The third-order valence-corrected chi connectivity index (χ3v) is 3.50. The lowest BCUT2D eigenvalue weighted by Crippen LogP contribution is -2.46. The maximum absolute atomic E-state index is 11.7. The van der Waals surface area contributed by atoms with Gasteiger partial charge in [-0.15, -0.1) is 24.0 Å². The molecule has 1 fully saturated rings. The number of carbonyl (C=O) groups is 2. The maximum Gasteiger partial charge on any atom is 0.222 e. The highest BCUT2D eigenvalue weighted by atomic mass is 127. The van der Waals surface area contributed by atoms with E-state index >= 15 is 0 Å². The van der Waals surface area contributed by atoms with E-state index in [1.807, 2.05) is 25.7 Å². The molecule has 1 rings (SSSR count). The lowest BCUT2D eigenvalue weighted by atomic mass is 10.3. The van der Waals surface area contributed by atoms with Gasteiger partial charge in [-0.2, -0.15) is 0 Å². The summed E-state index contributed by atoms with van der Waals surface area (Å²) in [6, 6.07) is 0.372. The smallest absolute Gasteiger partial charge is 0.222 e. The lowest BCUT2D eigenvalue weighted by molar-refractivity contribution is -0.129. The third-order valence-electron chi connectivity index (χ3n) is 3.50. The summed E-state index contributed by atoms with van der Waals surface area (Å²) in [6.07, 6.45) is 1.87. The highest BCUT2D eigenvalue weighted by molar-refractivity contribution is 14.0. The van der Waals surface area contributed by atoms with E-state index in [4.69, 9.17) is 0 Å². The van der Waals surface area contributed by atoms with Crippen molar-refractivity contribution in [3.05, 3.63) is 0 Å². The van der Waals surface area contributed by atoms with Crippen molar-refractivity contribution in [2.45, 2.75) is 52.1 Å². The normalized spacial score (nSPS) is 17.7. The van der Waals surface area contributed by atoms with Crippen LogP contribution in [0.3, 0.4) is 0 Å².